The van der Waals surface area contributed by atoms with Crippen LogP contribution in [0.1, 0.15) is 35.6 Å². The van der Waals surface area contributed by atoms with Gasteiger partial charge in [-0.1, -0.05) is 55.5 Å². The standard InChI is InChI=1S/C20H27N/c1-4-21-20(13-12-18-8-6-5-7-9-18)15-19-11-10-16(2)17(3)14-19/h5-11,14,20-21H,4,12-13,15H2,1-3H3. The Kier molecular flexibility index (Phi) is 6.01. The van der Waals surface area contributed by atoms with E-state index in [0.29, 0.717) is 6.04 Å². The van der Waals surface area contributed by atoms with Gasteiger partial charge >= 0.3 is 0 Å². The fraction of sp³-hybridized carbons (Fsp3) is 0.400. The van der Waals surface area contributed by atoms with Crippen molar-refractivity contribution in [2.75, 3.05) is 6.54 Å². The van der Waals surface area contributed by atoms with Gasteiger partial charge in [-0.15, -0.1) is 0 Å². The predicted octanol–water partition coefficient (Wildman–Crippen LogP) is 4.46. The molecule has 0 aliphatic heterocycles. The van der Waals surface area contributed by atoms with Crippen LogP contribution >= 0.6 is 0 Å². The molecule has 0 aliphatic rings. The van der Waals surface area contributed by atoms with Crippen molar-refractivity contribution < 1.29 is 0 Å². The van der Waals surface area contributed by atoms with E-state index in [4.69, 9.17) is 0 Å². The molecule has 21 heavy (non-hydrogen) atoms. The van der Waals surface area contributed by atoms with Gasteiger partial charge in [0.25, 0.3) is 0 Å². The van der Waals surface area contributed by atoms with E-state index in [1.54, 1.807) is 0 Å². The Hall–Kier alpha value is -1.60. The number of benzene rings is 2. The van der Waals surface area contributed by atoms with E-state index in [-0.39, 0.29) is 0 Å². The molecule has 1 heteroatoms. The van der Waals surface area contributed by atoms with Gasteiger partial charge in [-0.05, 0) is 61.9 Å². The molecule has 0 saturated heterocycles. The van der Waals surface area contributed by atoms with Crippen LogP contribution in [-0.4, -0.2) is 12.6 Å². The summed E-state index contributed by atoms with van der Waals surface area (Å²) in [5.74, 6) is 0. The number of hydrogen-bond acceptors (Lipinski definition) is 1. The van der Waals surface area contributed by atoms with Crippen molar-refractivity contribution in [3.63, 3.8) is 0 Å². The van der Waals surface area contributed by atoms with Gasteiger partial charge in [-0.2, -0.15) is 0 Å². The van der Waals surface area contributed by atoms with E-state index in [2.05, 4.69) is 74.6 Å². The van der Waals surface area contributed by atoms with Gasteiger partial charge < -0.3 is 5.32 Å². The van der Waals surface area contributed by atoms with Crippen LogP contribution < -0.4 is 5.32 Å². The molecule has 2 rings (SSSR count). The minimum absolute atomic E-state index is 0.553. The molecule has 0 fully saturated rings. The highest BCUT2D eigenvalue weighted by molar-refractivity contribution is 5.30. The Bertz CT molecular complexity index is 545. The molecule has 0 amide bonds. The average Bonchev–Trinajstić information content (AvgIpc) is 2.50. The van der Waals surface area contributed by atoms with Crippen LogP contribution in [0.3, 0.4) is 0 Å². The minimum atomic E-state index is 0.553. The predicted molar refractivity (Wildman–Crippen MR) is 91.8 cm³/mol. The zero-order valence-corrected chi connectivity index (χ0v) is 13.5. The molecule has 1 atom stereocenters. The lowest BCUT2D eigenvalue weighted by Gasteiger charge is -2.18. The Morgan fingerprint density at radius 3 is 2.33 bits per heavy atom. The van der Waals surface area contributed by atoms with Crippen LogP contribution in [0.2, 0.25) is 0 Å². The summed E-state index contributed by atoms with van der Waals surface area (Å²) in [5, 5.41) is 3.64. The Balaban J connectivity index is 1.96. The molecule has 0 aromatic heterocycles. The third-order valence-corrected chi connectivity index (χ3v) is 4.17. The first kappa shape index (κ1) is 15.8. The maximum absolute atomic E-state index is 3.64. The lowest BCUT2D eigenvalue weighted by Crippen LogP contribution is -2.31. The van der Waals surface area contributed by atoms with E-state index < -0.39 is 0 Å². The number of rotatable bonds is 7. The zero-order valence-electron chi connectivity index (χ0n) is 13.5. The van der Waals surface area contributed by atoms with Crippen LogP contribution in [0.15, 0.2) is 48.5 Å². The summed E-state index contributed by atoms with van der Waals surface area (Å²) in [6, 6.07) is 18.2. The van der Waals surface area contributed by atoms with Crippen LogP contribution in [-0.2, 0) is 12.8 Å². The second kappa shape index (κ2) is 7.99. The van der Waals surface area contributed by atoms with Crippen molar-refractivity contribution in [3.05, 3.63) is 70.8 Å². The zero-order chi connectivity index (χ0) is 15.1. The summed E-state index contributed by atoms with van der Waals surface area (Å²) in [6.07, 6.45) is 3.44. The lowest BCUT2D eigenvalue weighted by atomic mass is 9.97. The van der Waals surface area contributed by atoms with Crippen molar-refractivity contribution >= 4 is 0 Å². The van der Waals surface area contributed by atoms with E-state index in [9.17, 15) is 0 Å². The monoisotopic (exact) mass is 281 g/mol. The molecule has 0 heterocycles. The molecule has 2 aromatic carbocycles. The molecular formula is C20H27N. The normalized spacial score (nSPS) is 12.3. The molecule has 1 nitrogen and oxygen atoms in total. The summed E-state index contributed by atoms with van der Waals surface area (Å²) in [6.45, 7) is 7.60. The smallest absolute Gasteiger partial charge is 0.0110 e. The lowest BCUT2D eigenvalue weighted by molar-refractivity contribution is 0.491. The fourth-order valence-electron chi connectivity index (χ4n) is 2.77. The van der Waals surface area contributed by atoms with Gasteiger partial charge in [0, 0.05) is 6.04 Å². The quantitative estimate of drug-likeness (QED) is 0.790. The van der Waals surface area contributed by atoms with Crippen LogP contribution in [0.5, 0.6) is 0 Å². The highest BCUT2D eigenvalue weighted by atomic mass is 14.9. The maximum atomic E-state index is 3.64. The minimum Gasteiger partial charge on any atom is -0.314 e. The Labute approximate surface area is 129 Å². The second-order valence-corrected chi connectivity index (χ2v) is 5.90. The fourth-order valence-corrected chi connectivity index (χ4v) is 2.77. The van der Waals surface area contributed by atoms with Crippen LogP contribution in [0, 0.1) is 13.8 Å². The first-order valence-corrected chi connectivity index (χ1v) is 8.02. The summed E-state index contributed by atoms with van der Waals surface area (Å²) in [5.41, 5.74) is 5.64. The highest BCUT2D eigenvalue weighted by Crippen LogP contribution is 2.14. The van der Waals surface area contributed by atoms with Crippen molar-refractivity contribution in [3.8, 4) is 0 Å². The summed E-state index contributed by atoms with van der Waals surface area (Å²) in [7, 11) is 0. The molecule has 0 saturated carbocycles. The van der Waals surface area contributed by atoms with E-state index in [1.165, 1.54) is 28.7 Å². The summed E-state index contributed by atoms with van der Waals surface area (Å²) < 4.78 is 0. The van der Waals surface area contributed by atoms with Crippen molar-refractivity contribution in [1.82, 2.24) is 5.32 Å². The van der Waals surface area contributed by atoms with Crippen LogP contribution in [0.4, 0.5) is 0 Å². The maximum Gasteiger partial charge on any atom is 0.0110 e. The molecule has 2 aromatic rings. The van der Waals surface area contributed by atoms with Gasteiger partial charge in [0.05, 0.1) is 0 Å². The Morgan fingerprint density at radius 2 is 1.67 bits per heavy atom. The van der Waals surface area contributed by atoms with E-state index in [1.807, 2.05) is 0 Å². The molecule has 0 aliphatic carbocycles. The molecule has 0 radical (unpaired) electrons. The van der Waals surface area contributed by atoms with Gasteiger partial charge in [-0.3, -0.25) is 0 Å². The average molecular weight is 281 g/mol. The number of aryl methyl sites for hydroxylation is 3. The number of likely N-dealkylation sites (N-methyl/N-ethyl adjacent to an activating group) is 1. The van der Waals surface area contributed by atoms with Crippen molar-refractivity contribution in [2.45, 2.75) is 46.1 Å². The molecule has 0 bridgehead atoms. The first-order valence-electron chi connectivity index (χ1n) is 8.02. The summed E-state index contributed by atoms with van der Waals surface area (Å²) in [4.78, 5) is 0. The third-order valence-electron chi connectivity index (χ3n) is 4.17. The van der Waals surface area contributed by atoms with E-state index in [0.717, 1.165) is 19.4 Å². The van der Waals surface area contributed by atoms with Crippen molar-refractivity contribution in [2.24, 2.45) is 0 Å². The molecular weight excluding hydrogens is 254 g/mol. The first-order chi connectivity index (χ1) is 10.2. The van der Waals surface area contributed by atoms with Gasteiger partial charge in [0.1, 0.15) is 0 Å². The largest absolute Gasteiger partial charge is 0.314 e. The third kappa shape index (κ3) is 5.02. The Morgan fingerprint density at radius 1 is 0.905 bits per heavy atom. The molecule has 0 spiro atoms. The highest BCUT2D eigenvalue weighted by Gasteiger charge is 2.09. The van der Waals surface area contributed by atoms with Crippen molar-refractivity contribution in [1.29, 1.82) is 0 Å². The van der Waals surface area contributed by atoms with E-state index >= 15 is 0 Å². The molecule has 1 unspecified atom stereocenters. The van der Waals surface area contributed by atoms with Gasteiger partial charge in [-0.25, -0.2) is 0 Å². The van der Waals surface area contributed by atoms with Gasteiger partial charge in [0.2, 0.25) is 0 Å². The number of nitrogens with one attached hydrogen (secondary N) is 1. The SMILES string of the molecule is CCNC(CCc1ccccc1)Cc1ccc(C)c(C)c1. The topological polar surface area (TPSA) is 12.0 Å². The molecule has 112 valence electrons. The number of hydrogen-bond donors (Lipinski definition) is 1. The molecule has 1 N–H and O–H groups in total. The van der Waals surface area contributed by atoms with Gasteiger partial charge in [0.15, 0.2) is 0 Å². The second-order valence-electron chi connectivity index (χ2n) is 5.90. The summed E-state index contributed by atoms with van der Waals surface area (Å²) >= 11 is 0. The van der Waals surface area contributed by atoms with Crippen LogP contribution in [0.25, 0.3) is 0 Å².